The normalized spacial score (nSPS) is 10.7. The van der Waals surface area contributed by atoms with E-state index in [0.717, 1.165) is 16.4 Å². The third kappa shape index (κ3) is 2.86. The van der Waals surface area contributed by atoms with Crippen molar-refractivity contribution in [2.24, 2.45) is 0 Å². The van der Waals surface area contributed by atoms with Crippen molar-refractivity contribution >= 4 is 22.4 Å². The van der Waals surface area contributed by atoms with Crippen molar-refractivity contribution < 1.29 is 4.79 Å². The highest BCUT2D eigenvalue weighted by Gasteiger charge is 2.11. The highest BCUT2D eigenvalue weighted by atomic mass is 32.1. The van der Waals surface area contributed by atoms with Crippen LogP contribution < -0.4 is 5.32 Å². The van der Waals surface area contributed by atoms with Gasteiger partial charge in [0.1, 0.15) is 5.01 Å². The van der Waals surface area contributed by atoms with Gasteiger partial charge in [-0.25, -0.2) is 9.67 Å². The van der Waals surface area contributed by atoms with Crippen LogP contribution in [0.3, 0.4) is 0 Å². The van der Waals surface area contributed by atoms with Crippen LogP contribution in [0.25, 0.3) is 5.82 Å². The number of nitrogens with zero attached hydrogens (tertiary/aromatic N) is 5. The van der Waals surface area contributed by atoms with Crippen molar-refractivity contribution in [3.63, 3.8) is 0 Å². The predicted molar refractivity (Wildman–Crippen MR) is 83.4 cm³/mol. The smallest absolute Gasteiger partial charge is 0.259 e. The van der Waals surface area contributed by atoms with Gasteiger partial charge in [-0.2, -0.15) is 5.10 Å². The van der Waals surface area contributed by atoms with Gasteiger partial charge in [0.25, 0.3) is 5.91 Å². The maximum Gasteiger partial charge on any atom is 0.259 e. The van der Waals surface area contributed by atoms with Gasteiger partial charge in [0.2, 0.25) is 5.13 Å². The molecule has 1 N–H and O–H groups in total. The molecule has 3 rings (SSSR count). The first-order valence-corrected chi connectivity index (χ1v) is 7.46. The zero-order valence-electron chi connectivity index (χ0n) is 12.4. The minimum absolute atomic E-state index is 0.261. The second-order valence-electron chi connectivity index (χ2n) is 4.82. The Kier molecular flexibility index (Phi) is 3.68. The molecule has 0 saturated heterocycles. The van der Waals surface area contributed by atoms with Crippen LogP contribution in [0.2, 0.25) is 0 Å². The van der Waals surface area contributed by atoms with Crippen LogP contribution in [0, 0.1) is 20.8 Å². The summed E-state index contributed by atoms with van der Waals surface area (Å²) in [4.78, 5) is 16.4. The first-order valence-electron chi connectivity index (χ1n) is 6.64. The molecule has 0 fully saturated rings. The summed E-state index contributed by atoms with van der Waals surface area (Å²) < 4.78 is 1.74. The van der Waals surface area contributed by atoms with E-state index in [0.29, 0.717) is 16.5 Å². The number of hydrogen-bond acceptors (Lipinski definition) is 6. The average molecular weight is 314 g/mol. The quantitative estimate of drug-likeness (QED) is 0.801. The van der Waals surface area contributed by atoms with Gasteiger partial charge >= 0.3 is 0 Å². The summed E-state index contributed by atoms with van der Waals surface area (Å²) in [5, 5.41) is 16.1. The third-order valence-electron chi connectivity index (χ3n) is 2.98. The Labute approximate surface area is 131 Å². The van der Waals surface area contributed by atoms with Gasteiger partial charge in [-0.15, -0.1) is 10.2 Å². The maximum absolute atomic E-state index is 12.1. The third-order valence-corrected chi connectivity index (χ3v) is 3.74. The second-order valence-corrected chi connectivity index (χ2v) is 6.01. The summed E-state index contributed by atoms with van der Waals surface area (Å²) in [6.45, 7) is 5.72. The Morgan fingerprint density at radius 1 is 1.23 bits per heavy atom. The number of nitrogens with one attached hydrogen (secondary N) is 1. The molecular weight excluding hydrogens is 300 g/mol. The van der Waals surface area contributed by atoms with Crippen LogP contribution in [0.4, 0.5) is 5.13 Å². The zero-order chi connectivity index (χ0) is 15.7. The molecule has 112 valence electrons. The number of hydrogen-bond donors (Lipinski definition) is 1. The Morgan fingerprint density at radius 2 is 2.05 bits per heavy atom. The molecule has 0 bridgehead atoms. The van der Waals surface area contributed by atoms with Crippen molar-refractivity contribution in [2.75, 3.05) is 5.32 Å². The van der Waals surface area contributed by atoms with Gasteiger partial charge in [-0.1, -0.05) is 11.3 Å². The molecule has 0 aliphatic heterocycles. The molecule has 0 spiro atoms. The van der Waals surface area contributed by atoms with Gasteiger partial charge in [0.05, 0.1) is 11.3 Å². The lowest BCUT2D eigenvalue weighted by Crippen LogP contribution is -2.12. The number of carbonyl (C=O) groups is 1. The van der Waals surface area contributed by atoms with Crippen LogP contribution >= 0.6 is 11.3 Å². The van der Waals surface area contributed by atoms with Crippen LogP contribution in [0.15, 0.2) is 24.4 Å². The lowest BCUT2D eigenvalue weighted by Gasteiger charge is -2.05. The van der Waals surface area contributed by atoms with E-state index >= 15 is 0 Å². The number of carbonyl (C=O) groups excluding carboxylic acids is 1. The molecule has 0 aliphatic rings. The Morgan fingerprint density at radius 3 is 2.59 bits per heavy atom. The largest absolute Gasteiger partial charge is 0.296 e. The molecular formula is C14H14N6OS. The Bertz CT molecular complexity index is 820. The molecule has 0 unspecified atom stereocenters. The fourth-order valence-corrected chi connectivity index (χ4v) is 2.61. The van der Waals surface area contributed by atoms with E-state index in [1.807, 2.05) is 26.8 Å². The van der Waals surface area contributed by atoms with E-state index < -0.39 is 0 Å². The van der Waals surface area contributed by atoms with Gasteiger partial charge in [-0.3, -0.25) is 10.1 Å². The van der Waals surface area contributed by atoms with Crippen molar-refractivity contribution in [1.82, 2.24) is 25.0 Å². The molecule has 8 heteroatoms. The van der Waals surface area contributed by atoms with Crippen LogP contribution in [-0.2, 0) is 0 Å². The summed E-state index contributed by atoms with van der Waals surface area (Å²) in [5.74, 6) is 0.414. The molecule has 0 aromatic carbocycles. The van der Waals surface area contributed by atoms with E-state index in [-0.39, 0.29) is 5.91 Å². The molecule has 3 heterocycles. The highest BCUT2D eigenvalue weighted by Crippen LogP contribution is 2.15. The Hall–Kier alpha value is -2.61. The van der Waals surface area contributed by atoms with E-state index in [1.54, 1.807) is 16.8 Å². The molecule has 3 aromatic rings. The van der Waals surface area contributed by atoms with Crippen LogP contribution in [-0.4, -0.2) is 30.9 Å². The van der Waals surface area contributed by atoms with E-state index in [9.17, 15) is 4.79 Å². The number of pyridine rings is 1. The topological polar surface area (TPSA) is 85.6 Å². The lowest BCUT2D eigenvalue weighted by atomic mass is 10.2. The monoisotopic (exact) mass is 314 g/mol. The summed E-state index contributed by atoms with van der Waals surface area (Å²) in [5.41, 5.74) is 2.37. The molecule has 0 aliphatic carbocycles. The maximum atomic E-state index is 12.1. The van der Waals surface area contributed by atoms with E-state index in [2.05, 4.69) is 25.6 Å². The van der Waals surface area contributed by atoms with Gasteiger partial charge < -0.3 is 0 Å². The van der Waals surface area contributed by atoms with Crippen molar-refractivity contribution in [1.29, 1.82) is 0 Å². The average Bonchev–Trinajstić information content (AvgIpc) is 3.04. The van der Waals surface area contributed by atoms with Crippen molar-refractivity contribution in [3.8, 4) is 5.82 Å². The molecule has 3 aromatic heterocycles. The summed E-state index contributed by atoms with van der Waals surface area (Å²) in [6, 6.07) is 5.45. The summed E-state index contributed by atoms with van der Waals surface area (Å²) >= 11 is 1.33. The van der Waals surface area contributed by atoms with Crippen molar-refractivity contribution in [3.05, 3.63) is 46.4 Å². The lowest BCUT2D eigenvalue weighted by molar-refractivity contribution is 0.102. The van der Waals surface area contributed by atoms with Crippen LogP contribution in [0.5, 0.6) is 0 Å². The number of aromatic nitrogens is 5. The van der Waals surface area contributed by atoms with E-state index in [4.69, 9.17) is 0 Å². The standard InChI is InChI=1S/C14H14N6OS/c1-8-6-9(2)20(19-8)12-5-4-11(7-15-12)13(21)16-14-18-17-10(3)22-14/h4-7H,1-3H3,(H,16,18,21). The number of amides is 1. The minimum Gasteiger partial charge on any atom is -0.296 e. The highest BCUT2D eigenvalue weighted by molar-refractivity contribution is 7.15. The molecule has 0 saturated carbocycles. The minimum atomic E-state index is -0.261. The molecule has 0 atom stereocenters. The fraction of sp³-hybridized carbons (Fsp3) is 0.214. The number of rotatable bonds is 3. The van der Waals surface area contributed by atoms with Crippen molar-refractivity contribution in [2.45, 2.75) is 20.8 Å². The SMILES string of the molecule is Cc1cc(C)n(-c2ccc(C(=O)Nc3nnc(C)s3)cn2)n1. The van der Waals surface area contributed by atoms with Gasteiger partial charge in [-0.05, 0) is 39.0 Å². The van der Waals surface area contributed by atoms with Gasteiger partial charge in [0.15, 0.2) is 5.82 Å². The zero-order valence-corrected chi connectivity index (χ0v) is 13.2. The number of anilines is 1. The second kappa shape index (κ2) is 5.64. The van der Waals surface area contributed by atoms with E-state index in [1.165, 1.54) is 17.5 Å². The molecule has 1 amide bonds. The molecule has 7 nitrogen and oxygen atoms in total. The summed E-state index contributed by atoms with van der Waals surface area (Å²) in [7, 11) is 0. The van der Waals surface area contributed by atoms with Crippen LogP contribution in [0.1, 0.15) is 26.8 Å². The molecule has 22 heavy (non-hydrogen) atoms. The fourth-order valence-electron chi connectivity index (χ4n) is 2.02. The summed E-state index contributed by atoms with van der Waals surface area (Å²) in [6.07, 6.45) is 1.52. The number of aryl methyl sites for hydroxylation is 3. The first-order chi connectivity index (χ1) is 10.5. The first kappa shape index (κ1) is 14.3. The predicted octanol–water partition coefficient (Wildman–Crippen LogP) is 2.30. The Balaban J connectivity index is 1.79. The molecule has 0 radical (unpaired) electrons. The van der Waals surface area contributed by atoms with Gasteiger partial charge in [0, 0.05) is 11.9 Å².